The summed E-state index contributed by atoms with van der Waals surface area (Å²) in [6.07, 6.45) is 7.17. The van der Waals surface area contributed by atoms with E-state index in [1.54, 1.807) is 0 Å². The van der Waals surface area contributed by atoms with Crippen LogP contribution >= 0.6 is 15.8 Å². The molecular weight excluding hydrogens is 625 g/mol. The van der Waals surface area contributed by atoms with Crippen LogP contribution in [0.2, 0.25) is 0 Å². The molecule has 6 aromatic rings. The first-order valence-corrected chi connectivity index (χ1v) is 19.3. The quantitative estimate of drug-likeness (QED) is 0.0900. The van der Waals surface area contributed by atoms with Gasteiger partial charge in [-0.25, -0.2) is 0 Å². The van der Waals surface area contributed by atoms with E-state index in [-0.39, 0.29) is 32.3 Å². The summed E-state index contributed by atoms with van der Waals surface area (Å²) in [6.45, 7) is 0. The van der Waals surface area contributed by atoms with Crippen molar-refractivity contribution in [1.29, 1.82) is 0 Å². The topological polar surface area (TPSA) is 0 Å². The summed E-state index contributed by atoms with van der Waals surface area (Å²) < 4.78 is 0. The molecule has 230 valence electrons. The Labute approximate surface area is 283 Å². The summed E-state index contributed by atoms with van der Waals surface area (Å²) in [5, 5.41) is 0. The zero-order valence-electron chi connectivity index (χ0n) is 25.8. The molecule has 0 nitrogen and oxygen atoms in total. The van der Waals surface area contributed by atoms with Crippen molar-refractivity contribution in [3.05, 3.63) is 215 Å². The van der Waals surface area contributed by atoms with Crippen LogP contribution in [0.15, 0.2) is 182 Å². The molecule has 6 rings (SSSR count). The third-order valence-corrected chi connectivity index (χ3v) is 12.4. The fraction of sp³-hybridized carbons (Fsp3) is 0.143. The molecule has 0 bridgehead atoms. The molecule has 0 saturated carbocycles. The molecular formula is C42H42NiP2. The van der Waals surface area contributed by atoms with Gasteiger partial charge in [0.25, 0.3) is 0 Å². The average molecular weight is 667 g/mol. The van der Waals surface area contributed by atoms with E-state index in [2.05, 4.69) is 182 Å². The van der Waals surface area contributed by atoms with Crippen molar-refractivity contribution < 1.29 is 16.5 Å². The van der Waals surface area contributed by atoms with Crippen LogP contribution < -0.4 is 0 Å². The average Bonchev–Trinajstić information content (AvgIpc) is 3.08. The first kappa shape index (κ1) is 34.5. The van der Waals surface area contributed by atoms with Crippen molar-refractivity contribution in [2.45, 2.75) is 37.0 Å². The summed E-state index contributed by atoms with van der Waals surface area (Å²) in [6, 6.07) is 65.4. The molecule has 6 aromatic carbocycles. The first-order valence-electron chi connectivity index (χ1n) is 15.5. The van der Waals surface area contributed by atoms with Crippen LogP contribution in [0.25, 0.3) is 0 Å². The van der Waals surface area contributed by atoms with E-state index in [0.29, 0.717) is 0 Å². The molecule has 0 heterocycles. The molecule has 0 radical (unpaired) electrons. The van der Waals surface area contributed by atoms with E-state index < -0.39 is 0 Å². The second-order valence-corrected chi connectivity index (χ2v) is 15.8. The fourth-order valence-corrected chi connectivity index (χ4v) is 10.4. The molecule has 3 heteroatoms. The van der Waals surface area contributed by atoms with E-state index >= 15 is 0 Å². The van der Waals surface area contributed by atoms with E-state index in [0.717, 1.165) is 0 Å². The van der Waals surface area contributed by atoms with Gasteiger partial charge in [0.2, 0.25) is 0 Å². The van der Waals surface area contributed by atoms with Gasteiger partial charge in [-0.1, -0.05) is 198 Å². The Morgan fingerprint density at radius 3 is 0.489 bits per heavy atom. The van der Waals surface area contributed by atoms with E-state index in [1.807, 2.05) is 0 Å². The van der Waals surface area contributed by atoms with Crippen LogP contribution in [-0.2, 0) is 53.5 Å². The molecule has 0 aliphatic carbocycles. The van der Waals surface area contributed by atoms with Gasteiger partial charge in [-0.3, -0.25) is 0 Å². The Hall–Kier alpha value is -3.33. The van der Waals surface area contributed by atoms with E-state index in [1.165, 1.54) is 70.4 Å². The number of hydrogen-bond acceptors (Lipinski definition) is 0. The van der Waals surface area contributed by atoms with Crippen LogP contribution in [-0.4, -0.2) is 0 Å². The summed E-state index contributed by atoms with van der Waals surface area (Å²) >= 11 is 0. The Kier molecular flexibility index (Phi) is 15.3. The molecule has 0 spiro atoms. The van der Waals surface area contributed by atoms with E-state index in [9.17, 15) is 0 Å². The second kappa shape index (κ2) is 19.9. The smallest absolute Gasteiger partial charge is 0 e. The number of rotatable bonds is 12. The Morgan fingerprint density at radius 2 is 0.356 bits per heavy atom. The van der Waals surface area contributed by atoms with Gasteiger partial charge < -0.3 is 0 Å². The van der Waals surface area contributed by atoms with Crippen molar-refractivity contribution in [2.24, 2.45) is 0 Å². The third kappa shape index (κ3) is 12.9. The summed E-state index contributed by atoms with van der Waals surface area (Å²) in [7, 11) is -0.179. The second-order valence-electron chi connectivity index (χ2n) is 11.2. The minimum absolute atomic E-state index is 0. The van der Waals surface area contributed by atoms with Crippen LogP contribution in [0.1, 0.15) is 33.4 Å². The van der Waals surface area contributed by atoms with Gasteiger partial charge >= 0.3 is 0 Å². The monoisotopic (exact) mass is 666 g/mol. The van der Waals surface area contributed by atoms with E-state index in [4.69, 9.17) is 0 Å². The van der Waals surface area contributed by atoms with Crippen molar-refractivity contribution in [3.63, 3.8) is 0 Å². The summed E-state index contributed by atoms with van der Waals surface area (Å²) in [5.74, 6) is 0. The fourth-order valence-electron chi connectivity index (χ4n) is 5.39. The van der Waals surface area contributed by atoms with Gasteiger partial charge in [0.05, 0.1) is 0 Å². The Balaban J connectivity index is 0.000000200. The molecule has 0 unspecified atom stereocenters. The predicted molar refractivity (Wildman–Crippen MR) is 195 cm³/mol. The zero-order chi connectivity index (χ0) is 30.1. The number of hydrogen-bond donors (Lipinski definition) is 0. The van der Waals surface area contributed by atoms with Crippen LogP contribution in [0.4, 0.5) is 0 Å². The van der Waals surface area contributed by atoms with Crippen LogP contribution in [0.3, 0.4) is 0 Å². The largest absolute Gasteiger partial charge is 0.0932 e. The molecule has 0 amide bonds. The number of benzene rings is 6. The van der Waals surface area contributed by atoms with Gasteiger partial charge in [0, 0.05) is 16.5 Å². The zero-order valence-corrected chi connectivity index (χ0v) is 28.6. The van der Waals surface area contributed by atoms with Gasteiger partial charge in [0.15, 0.2) is 0 Å². The molecule has 0 saturated heterocycles. The maximum absolute atomic E-state index is 2.26. The minimum Gasteiger partial charge on any atom is -0.0932 e. The van der Waals surface area contributed by atoms with Crippen molar-refractivity contribution in [2.75, 3.05) is 0 Å². The third-order valence-electron chi connectivity index (χ3n) is 7.49. The molecule has 0 atom stereocenters. The van der Waals surface area contributed by atoms with Crippen molar-refractivity contribution >= 4 is 15.8 Å². The molecule has 0 fully saturated rings. The van der Waals surface area contributed by atoms with Crippen LogP contribution in [0.5, 0.6) is 0 Å². The SMILES string of the molecule is [Ni].c1ccc(CP(Cc2ccccc2)Cc2ccccc2)cc1.c1ccc(CP(Cc2ccccc2)Cc2ccccc2)cc1. The molecule has 45 heavy (non-hydrogen) atoms. The van der Waals surface area contributed by atoms with Gasteiger partial charge in [-0.2, -0.15) is 0 Å². The van der Waals surface area contributed by atoms with Gasteiger partial charge in [-0.05, 0) is 70.4 Å². The first-order chi connectivity index (χ1) is 21.8. The van der Waals surface area contributed by atoms with Crippen LogP contribution in [0, 0.1) is 0 Å². The minimum atomic E-state index is -0.0895. The van der Waals surface area contributed by atoms with Gasteiger partial charge in [0.1, 0.15) is 0 Å². The molecule has 0 N–H and O–H groups in total. The standard InChI is InChI=1S/2C21H21P.Ni/c2*1-4-10-19(11-5-1)16-22(17-20-12-6-2-7-13-20)18-21-14-8-3-9-15-21;/h2*1-15H,16-18H2;. The molecule has 0 aromatic heterocycles. The normalized spacial score (nSPS) is 10.5. The molecule has 0 aliphatic rings. The van der Waals surface area contributed by atoms with Crippen molar-refractivity contribution in [1.82, 2.24) is 0 Å². The maximum atomic E-state index is 2.26. The maximum Gasteiger partial charge on any atom is 0 e. The van der Waals surface area contributed by atoms with Gasteiger partial charge in [-0.15, -0.1) is 0 Å². The Bertz CT molecular complexity index is 1260. The predicted octanol–water partition coefficient (Wildman–Crippen LogP) is 12.1. The Morgan fingerprint density at radius 1 is 0.222 bits per heavy atom. The molecule has 0 aliphatic heterocycles. The summed E-state index contributed by atoms with van der Waals surface area (Å²) in [5.41, 5.74) is 8.75. The van der Waals surface area contributed by atoms with Crippen molar-refractivity contribution in [3.8, 4) is 0 Å². The summed E-state index contributed by atoms with van der Waals surface area (Å²) in [4.78, 5) is 0.